The first-order valence-corrected chi connectivity index (χ1v) is 5.94. The van der Waals surface area contributed by atoms with Crippen molar-refractivity contribution in [1.82, 2.24) is 5.32 Å². The van der Waals surface area contributed by atoms with Crippen molar-refractivity contribution < 1.29 is 4.74 Å². The van der Waals surface area contributed by atoms with Crippen molar-refractivity contribution in [3.63, 3.8) is 0 Å². The minimum atomic E-state index is 0.325. The van der Waals surface area contributed by atoms with E-state index in [2.05, 4.69) is 53.3 Å². The van der Waals surface area contributed by atoms with E-state index >= 15 is 0 Å². The van der Waals surface area contributed by atoms with Crippen LogP contribution in [0.3, 0.4) is 0 Å². The second-order valence-electron chi connectivity index (χ2n) is 3.77. The Balaban J connectivity index is 2.61. The maximum absolute atomic E-state index is 5.10. The second kappa shape index (κ2) is 6.26. The largest absolute Gasteiger partial charge is 0.383 e. The lowest BCUT2D eigenvalue weighted by Crippen LogP contribution is -2.32. The molecule has 0 unspecified atom stereocenters. The summed E-state index contributed by atoms with van der Waals surface area (Å²) < 4.78 is 6.24. The molecule has 2 atom stereocenters. The molecule has 1 rings (SSSR count). The van der Waals surface area contributed by atoms with Crippen LogP contribution in [0.2, 0.25) is 0 Å². The van der Waals surface area contributed by atoms with Gasteiger partial charge in [0.15, 0.2) is 0 Å². The summed E-state index contributed by atoms with van der Waals surface area (Å²) in [5, 5.41) is 3.48. The van der Waals surface area contributed by atoms with E-state index in [4.69, 9.17) is 4.74 Å². The molecule has 0 aromatic heterocycles. The maximum Gasteiger partial charge on any atom is 0.0613 e. The Kier molecular flexibility index (Phi) is 5.29. The zero-order valence-corrected chi connectivity index (χ0v) is 11.0. The number of halogens is 1. The van der Waals surface area contributed by atoms with Crippen molar-refractivity contribution in [2.24, 2.45) is 0 Å². The van der Waals surface area contributed by atoms with Crippen LogP contribution in [0.25, 0.3) is 0 Å². The van der Waals surface area contributed by atoms with E-state index < -0.39 is 0 Å². The molecule has 0 fully saturated rings. The topological polar surface area (TPSA) is 21.3 Å². The number of ether oxygens (including phenoxy) is 1. The lowest BCUT2D eigenvalue weighted by molar-refractivity contribution is 0.167. The van der Waals surface area contributed by atoms with E-state index in [9.17, 15) is 0 Å². The molecule has 2 nitrogen and oxygen atoms in total. The summed E-state index contributed by atoms with van der Waals surface area (Å²) in [6.07, 6.45) is 0. The van der Waals surface area contributed by atoms with E-state index in [1.165, 1.54) is 5.56 Å². The summed E-state index contributed by atoms with van der Waals surface area (Å²) in [5.74, 6) is 0. The molecule has 1 aromatic carbocycles. The van der Waals surface area contributed by atoms with Crippen LogP contribution in [0.15, 0.2) is 28.7 Å². The van der Waals surface area contributed by atoms with E-state index in [1.807, 2.05) is 6.07 Å². The fraction of sp³-hybridized carbons (Fsp3) is 0.500. The van der Waals surface area contributed by atoms with Gasteiger partial charge in [-0.2, -0.15) is 0 Å². The van der Waals surface area contributed by atoms with Crippen LogP contribution in [0.5, 0.6) is 0 Å². The standard InChI is InChI=1S/C12H18BrNO/c1-9(8-15-3)14-10(2)11-6-4-5-7-12(11)13/h4-7,9-10,14H,8H2,1-3H3/t9-,10-/m1/s1. The van der Waals surface area contributed by atoms with Gasteiger partial charge >= 0.3 is 0 Å². The van der Waals surface area contributed by atoms with E-state index in [0.717, 1.165) is 11.1 Å². The number of nitrogens with one attached hydrogen (secondary N) is 1. The summed E-state index contributed by atoms with van der Waals surface area (Å²) in [4.78, 5) is 0. The monoisotopic (exact) mass is 271 g/mol. The molecule has 0 spiro atoms. The average molecular weight is 272 g/mol. The Morgan fingerprint density at radius 3 is 2.60 bits per heavy atom. The molecule has 0 bridgehead atoms. The van der Waals surface area contributed by atoms with Crippen molar-refractivity contribution in [1.29, 1.82) is 0 Å². The first-order valence-electron chi connectivity index (χ1n) is 5.14. The molecule has 0 aliphatic heterocycles. The molecular weight excluding hydrogens is 254 g/mol. The van der Waals surface area contributed by atoms with Gasteiger partial charge in [0.25, 0.3) is 0 Å². The van der Waals surface area contributed by atoms with E-state index in [-0.39, 0.29) is 0 Å². The van der Waals surface area contributed by atoms with Gasteiger partial charge in [0.2, 0.25) is 0 Å². The Morgan fingerprint density at radius 1 is 1.33 bits per heavy atom. The molecular formula is C12H18BrNO. The van der Waals surface area contributed by atoms with Gasteiger partial charge in [0.1, 0.15) is 0 Å². The molecule has 0 saturated carbocycles. The molecule has 3 heteroatoms. The van der Waals surface area contributed by atoms with Gasteiger partial charge in [-0.15, -0.1) is 0 Å². The van der Waals surface area contributed by atoms with Crippen molar-refractivity contribution in [3.05, 3.63) is 34.3 Å². The summed E-state index contributed by atoms with van der Waals surface area (Å²) in [6, 6.07) is 8.95. The maximum atomic E-state index is 5.10. The van der Waals surface area contributed by atoms with Gasteiger partial charge in [0, 0.05) is 23.7 Å². The Hall–Kier alpha value is -0.380. The van der Waals surface area contributed by atoms with E-state index in [1.54, 1.807) is 7.11 Å². The van der Waals surface area contributed by atoms with Gasteiger partial charge < -0.3 is 10.1 Å². The van der Waals surface area contributed by atoms with Crippen molar-refractivity contribution >= 4 is 15.9 Å². The first-order chi connectivity index (χ1) is 7.15. The molecule has 0 aliphatic rings. The Bertz CT molecular complexity index is 303. The highest BCUT2D eigenvalue weighted by Crippen LogP contribution is 2.22. The molecule has 0 radical (unpaired) electrons. The minimum Gasteiger partial charge on any atom is -0.383 e. The smallest absolute Gasteiger partial charge is 0.0613 e. The number of methoxy groups -OCH3 is 1. The fourth-order valence-electron chi connectivity index (χ4n) is 1.64. The van der Waals surface area contributed by atoms with Gasteiger partial charge in [-0.25, -0.2) is 0 Å². The number of rotatable bonds is 5. The molecule has 15 heavy (non-hydrogen) atoms. The molecule has 0 saturated heterocycles. The highest BCUT2D eigenvalue weighted by Gasteiger charge is 2.11. The predicted octanol–water partition coefficient (Wildman–Crippen LogP) is 3.13. The third-order valence-electron chi connectivity index (χ3n) is 2.32. The lowest BCUT2D eigenvalue weighted by Gasteiger charge is -2.20. The summed E-state index contributed by atoms with van der Waals surface area (Å²) in [6.45, 7) is 5.01. The van der Waals surface area contributed by atoms with Gasteiger partial charge in [-0.3, -0.25) is 0 Å². The Morgan fingerprint density at radius 2 is 2.00 bits per heavy atom. The van der Waals surface area contributed by atoms with Gasteiger partial charge in [-0.05, 0) is 25.5 Å². The van der Waals surface area contributed by atoms with Crippen molar-refractivity contribution in [2.75, 3.05) is 13.7 Å². The van der Waals surface area contributed by atoms with Crippen LogP contribution in [0, 0.1) is 0 Å². The third kappa shape index (κ3) is 3.93. The zero-order chi connectivity index (χ0) is 11.3. The average Bonchev–Trinajstić information content (AvgIpc) is 2.18. The van der Waals surface area contributed by atoms with Crippen molar-refractivity contribution in [3.8, 4) is 0 Å². The number of hydrogen-bond donors (Lipinski definition) is 1. The SMILES string of the molecule is COC[C@@H](C)N[C@H](C)c1ccccc1Br. The molecule has 0 amide bonds. The quantitative estimate of drug-likeness (QED) is 0.889. The van der Waals surface area contributed by atoms with Crippen LogP contribution in [-0.4, -0.2) is 19.8 Å². The first kappa shape index (κ1) is 12.7. The fourth-order valence-corrected chi connectivity index (χ4v) is 2.27. The Labute approximate surface area is 100 Å². The predicted molar refractivity (Wildman–Crippen MR) is 67.0 cm³/mol. The molecule has 1 N–H and O–H groups in total. The number of hydrogen-bond acceptors (Lipinski definition) is 2. The second-order valence-corrected chi connectivity index (χ2v) is 4.62. The van der Waals surface area contributed by atoms with Crippen molar-refractivity contribution in [2.45, 2.75) is 25.9 Å². The summed E-state index contributed by atoms with van der Waals surface area (Å²) >= 11 is 3.55. The summed E-state index contributed by atoms with van der Waals surface area (Å²) in [7, 11) is 1.72. The molecule has 1 aromatic rings. The van der Waals surface area contributed by atoms with E-state index in [0.29, 0.717) is 12.1 Å². The molecule has 0 aliphatic carbocycles. The number of benzene rings is 1. The molecule has 84 valence electrons. The van der Waals surface area contributed by atoms with Crippen LogP contribution in [-0.2, 0) is 4.74 Å². The zero-order valence-electron chi connectivity index (χ0n) is 9.46. The minimum absolute atomic E-state index is 0.325. The summed E-state index contributed by atoms with van der Waals surface area (Å²) in [5.41, 5.74) is 1.28. The van der Waals surface area contributed by atoms with Crippen LogP contribution in [0.4, 0.5) is 0 Å². The van der Waals surface area contributed by atoms with Crippen LogP contribution < -0.4 is 5.32 Å². The van der Waals surface area contributed by atoms with Crippen LogP contribution in [0.1, 0.15) is 25.5 Å². The molecule has 0 heterocycles. The van der Waals surface area contributed by atoms with Crippen LogP contribution >= 0.6 is 15.9 Å². The van der Waals surface area contributed by atoms with Gasteiger partial charge in [0.05, 0.1) is 6.61 Å². The highest BCUT2D eigenvalue weighted by atomic mass is 79.9. The lowest BCUT2D eigenvalue weighted by atomic mass is 10.1. The highest BCUT2D eigenvalue weighted by molar-refractivity contribution is 9.10. The third-order valence-corrected chi connectivity index (χ3v) is 3.05. The van der Waals surface area contributed by atoms with Gasteiger partial charge in [-0.1, -0.05) is 34.1 Å². The normalized spacial score (nSPS) is 14.9.